The smallest absolute Gasteiger partial charge is 0.326 e. The molecule has 7 nitrogen and oxygen atoms in total. The van der Waals surface area contributed by atoms with Crippen molar-refractivity contribution >= 4 is 29.0 Å². The minimum absolute atomic E-state index is 0.141. The van der Waals surface area contributed by atoms with Crippen LogP contribution in [0, 0.1) is 5.92 Å². The first-order chi connectivity index (χ1) is 11.0. The Morgan fingerprint density at radius 3 is 2.78 bits per heavy atom. The summed E-state index contributed by atoms with van der Waals surface area (Å²) in [5, 5.41) is 12.0. The van der Waals surface area contributed by atoms with Crippen LogP contribution in [-0.2, 0) is 11.3 Å². The highest BCUT2D eigenvalue weighted by atomic mass is 16.4. The molecule has 2 aromatic rings. The average Bonchev–Trinajstić information content (AvgIpc) is 3.10. The van der Waals surface area contributed by atoms with Crippen molar-refractivity contribution in [2.75, 3.05) is 11.4 Å². The highest BCUT2D eigenvalue weighted by Crippen LogP contribution is 2.27. The molecule has 0 saturated carbocycles. The molecule has 1 aliphatic heterocycles. The molecule has 2 atom stereocenters. The Morgan fingerprint density at radius 2 is 2.09 bits per heavy atom. The number of anilines is 1. The Morgan fingerprint density at radius 1 is 1.35 bits per heavy atom. The zero-order valence-corrected chi connectivity index (χ0v) is 13.2. The van der Waals surface area contributed by atoms with Gasteiger partial charge in [-0.1, -0.05) is 32.4 Å². The highest BCUT2D eigenvalue weighted by molar-refractivity contribution is 5.95. The number of carbonyl (C=O) groups is 2. The predicted octanol–water partition coefficient (Wildman–Crippen LogP) is 2.07. The van der Waals surface area contributed by atoms with Crippen LogP contribution < -0.4 is 10.2 Å². The van der Waals surface area contributed by atoms with Crippen LogP contribution in [-0.4, -0.2) is 39.2 Å². The van der Waals surface area contributed by atoms with Gasteiger partial charge >= 0.3 is 12.0 Å². The Kier molecular flexibility index (Phi) is 3.94. The molecule has 2 N–H and O–H groups in total. The van der Waals surface area contributed by atoms with E-state index in [0.717, 1.165) is 11.0 Å². The van der Waals surface area contributed by atoms with Gasteiger partial charge in [-0.2, -0.15) is 0 Å². The lowest BCUT2D eigenvalue weighted by Gasteiger charge is -2.23. The third-order valence-corrected chi connectivity index (χ3v) is 4.43. The molecule has 0 spiro atoms. The Bertz CT molecular complexity index is 755. The molecule has 0 aliphatic carbocycles. The number of amides is 2. The summed E-state index contributed by atoms with van der Waals surface area (Å²) in [4.78, 5) is 29.9. The number of benzene rings is 1. The van der Waals surface area contributed by atoms with E-state index in [1.165, 1.54) is 4.90 Å². The molecule has 0 fully saturated rings. The first-order valence-corrected chi connectivity index (χ1v) is 7.79. The second kappa shape index (κ2) is 5.91. The van der Waals surface area contributed by atoms with Crippen molar-refractivity contribution < 1.29 is 14.7 Å². The molecule has 3 rings (SSSR count). The van der Waals surface area contributed by atoms with Gasteiger partial charge in [-0.05, 0) is 18.1 Å². The van der Waals surface area contributed by atoms with E-state index < -0.39 is 18.0 Å². The summed E-state index contributed by atoms with van der Waals surface area (Å²) >= 11 is 0. The number of nitrogens with one attached hydrogen (secondary N) is 1. The average molecular weight is 316 g/mol. The van der Waals surface area contributed by atoms with E-state index >= 15 is 0 Å². The number of carboxylic acid groups (broad SMARTS) is 1. The van der Waals surface area contributed by atoms with Crippen LogP contribution in [0.25, 0.3) is 11.0 Å². The largest absolute Gasteiger partial charge is 0.480 e. The topological polar surface area (TPSA) is 87.5 Å². The van der Waals surface area contributed by atoms with Crippen LogP contribution in [0.4, 0.5) is 10.7 Å². The quantitative estimate of drug-likeness (QED) is 0.904. The van der Waals surface area contributed by atoms with Crippen molar-refractivity contribution in [3.05, 3.63) is 24.3 Å². The molecule has 0 bridgehead atoms. The lowest BCUT2D eigenvalue weighted by atomic mass is 9.99. The third-order valence-electron chi connectivity index (χ3n) is 4.43. The first-order valence-electron chi connectivity index (χ1n) is 7.79. The van der Waals surface area contributed by atoms with Crippen LogP contribution in [0.15, 0.2) is 24.3 Å². The van der Waals surface area contributed by atoms with Crippen molar-refractivity contribution in [1.29, 1.82) is 0 Å². The fraction of sp³-hybridized carbons (Fsp3) is 0.438. The van der Waals surface area contributed by atoms with Gasteiger partial charge < -0.3 is 15.0 Å². The van der Waals surface area contributed by atoms with E-state index in [1.807, 2.05) is 42.7 Å². The Balaban J connectivity index is 1.84. The molecule has 2 heterocycles. The maximum atomic E-state index is 12.5. The maximum Gasteiger partial charge on any atom is 0.326 e. The first kappa shape index (κ1) is 15.3. The lowest BCUT2D eigenvalue weighted by Crippen LogP contribution is -2.50. The normalized spacial score (nSPS) is 16.2. The van der Waals surface area contributed by atoms with Gasteiger partial charge in [0.2, 0.25) is 5.95 Å². The molecule has 1 aromatic carbocycles. The van der Waals surface area contributed by atoms with E-state index in [-0.39, 0.29) is 5.92 Å². The van der Waals surface area contributed by atoms with Gasteiger partial charge in [0, 0.05) is 13.1 Å². The molecule has 0 radical (unpaired) electrons. The summed E-state index contributed by atoms with van der Waals surface area (Å²) < 4.78 is 1.98. The van der Waals surface area contributed by atoms with Gasteiger partial charge in [0.15, 0.2) is 0 Å². The van der Waals surface area contributed by atoms with Crippen LogP contribution in [0.1, 0.15) is 20.3 Å². The molecular formula is C16H20N4O3. The molecule has 2 amide bonds. The number of rotatable bonds is 4. The van der Waals surface area contributed by atoms with Crippen LogP contribution in [0.2, 0.25) is 0 Å². The summed E-state index contributed by atoms with van der Waals surface area (Å²) in [5.74, 6) is -0.588. The number of aliphatic carboxylic acids is 1. The van der Waals surface area contributed by atoms with E-state index in [2.05, 4.69) is 10.3 Å². The SMILES string of the molecule is CCC(C)[C@H](NC(=O)N1CCn2c1nc1ccccc12)C(=O)O. The van der Waals surface area contributed by atoms with E-state index in [0.29, 0.717) is 25.5 Å². The number of fused-ring (bicyclic) bond motifs is 3. The molecule has 0 saturated heterocycles. The second-order valence-corrected chi connectivity index (χ2v) is 5.85. The number of urea groups is 1. The fourth-order valence-electron chi connectivity index (χ4n) is 2.88. The van der Waals surface area contributed by atoms with Gasteiger partial charge in [-0.25, -0.2) is 14.6 Å². The number of para-hydroxylation sites is 2. The third kappa shape index (κ3) is 2.62. The minimum Gasteiger partial charge on any atom is -0.480 e. The zero-order valence-electron chi connectivity index (χ0n) is 13.2. The van der Waals surface area contributed by atoms with Gasteiger partial charge in [0.05, 0.1) is 11.0 Å². The monoisotopic (exact) mass is 316 g/mol. The maximum absolute atomic E-state index is 12.5. The number of carbonyl (C=O) groups excluding carboxylic acids is 1. The van der Waals surface area contributed by atoms with Gasteiger partial charge in [-0.15, -0.1) is 0 Å². The lowest BCUT2D eigenvalue weighted by molar-refractivity contribution is -0.140. The molecule has 7 heteroatoms. The van der Waals surface area contributed by atoms with Crippen molar-refractivity contribution in [3.8, 4) is 0 Å². The molecule has 23 heavy (non-hydrogen) atoms. The highest BCUT2D eigenvalue weighted by Gasteiger charge is 2.32. The Hall–Kier alpha value is -2.57. The number of imidazole rings is 1. The summed E-state index contributed by atoms with van der Waals surface area (Å²) in [7, 11) is 0. The van der Waals surface area contributed by atoms with Crippen LogP contribution >= 0.6 is 0 Å². The molecule has 1 aromatic heterocycles. The number of hydrogen-bond donors (Lipinski definition) is 2. The van der Waals surface area contributed by atoms with Gasteiger partial charge in [0.25, 0.3) is 0 Å². The standard InChI is InChI=1S/C16H20N4O3/c1-3-10(2)13(14(21)22)18-16(23)20-9-8-19-12-7-5-4-6-11(12)17-15(19)20/h4-7,10,13H,3,8-9H2,1-2H3,(H,18,23)(H,21,22)/t10?,13-/m0/s1. The summed E-state index contributed by atoms with van der Waals surface area (Å²) in [6.07, 6.45) is 0.676. The fourth-order valence-corrected chi connectivity index (χ4v) is 2.88. The molecule has 122 valence electrons. The predicted molar refractivity (Wildman–Crippen MR) is 86.5 cm³/mol. The number of aromatic nitrogens is 2. The van der Waals surface area contributed by atoms with Gasteiger partial charge in [-0.3, -0.25) is 4.90 Å². The van der Waals surface area contributed by atoms with E-state index in [9.17, 15) is 14.7 Å². The number of nitrogens with zero attached hydrogens (tertiary/aromatic N) is 3. The van der Waals surface area contributed by atoms with Crippen molar-refractivity contribution in [3.63, 3.8) is 0 Å². The van der Waals surface area contributed by atoms with Crippen molar-refractivity contribution in [2.45, 2.75) is 32.9 Å². The Labute approximate surface area is 133 Å². The summed E-state index contributed by atoms with van der Waals surface area (Å²) in [6, 6.07) is 6.39. The van der Waals surface area contributed by atoms with Crippen molar-refractivity contribution in [2.24, 2.45) is 5.92 Å². The number of hydrogen-bond acceptors (Lipinski definition) is 3. The van der Waals surface area contributed by atoms with Crippen LogP contribution in [0.3, 0.4) is 0 Å². The van der Waals surface area contributed by atoms with E-state index in [1.54, 1.807) is 0 Å². The second-order valence-electron chi connectivity index (χ2n) is 5.85. The van der Waals surface area contributed by atoms with Crippen molar-refractivity contribution in [1.82, 2.24) is 14.9 Å². The minimum atomic E-state index is -1.01. The molecule has 1 aliphatic rings. The van der Waals surface area contributed by atoms with Gasteiger partial charge in [0.1, 0.15) is 6.04 Å². The summed E-state index contributed by atoms with van der Waals surface area (Å²) in [5.41, 5.74) is 1.81. The van der Waals surface area contributed by atoms with Crippen LogP contribution in [0.5, 0.6) is 0 Å². The molecular weight excluding hydrogens is 296 g/mol. The zero-order chi connectivity index (χ0) is 16.6. The molecule has 1 unspecified atom stereocenters. The number of carboxylic acids is 1. The van der Waals surface area contributed by atoms with E-state index in [4.69, 9.17) is 0 Å². The summed E-state index contributed by atoms with van der Waals surface area (Å²) in [6.45, 7) is 4.87.